The number of rotatable bonds is 5. The molecule has 0 saturated carbocycles. The van der Waals surface area contributed by atoms with Crippen LogP contribution in [-0.2, 0) is 9.59 Å². The van der Waals surface area contributed by atoms with Crippen LogP contribution in [0.4, 0.5) is 0 Å². The lowest BCUT2D eigenvalue weighted by atomic mass is 10.1. The van der Waals surface area contributed by atoms with E-state index >= 15 is 0 Å². The third kappa shape index (κ3) is 5.09. The van der Waals surface area contributed by atoms with Crippen LogP contribution in [0.5, 0.6) is 0 Å². The molecule has 6 heteroatoms. The van der Waals surface area contributed by atoms with Gasteiger partial charge in [0.1, 0.15) is 0 Å². The first-order chi connectivity index (χ1) is 9.47. The van der Waals surface area contributed by atoms with Gasteiger partial charge in [0.15, 0.2) is 0 Å². The van der Waals surface area contributed by atoms with Crippen LogP contribution >= 0.6 is 0 Å². The van der Waals surface area contributed by atoms with Gasteiger partial charge in [-0.15, -0.1) is 0 Å². The van der Waals surface area contributed by atoms with Crippen molar-refractivity contribution in [1.82, 2.24) is 15.1 Å². The smallest absolute Gasteiger partial charge is 0.236 e. The number of hydrogen-bond acceptors (Lipinski definition) is 4. The predicted octanol–water partition coefficient (Wildman–Crippen LogP) is -0.184. The minimum Gasteiger partial charge on any atom is -0.391 e. The molecule has 2 amide bonds. The van der Waals surface area contributed by atoms with Gasteiger partial charge in [-0.2, -0.15) is 0 Å². The molecule has 1 saturated heterocycles. The second kappa shape index (κ2) is 8.21. The van der Waals surface area contributed by atoms with Crippen molar-refractivity contribution in [3.8, 4) is 0 Å². The van der Waals surface area contributed by atoms with Crippen LogP contribution < -0.4 is 5.32 Å². The Bertz CT molecular complexity index is 332. The van der Waals surface area contributed by atoms with Gasteiger partial charge in [-0.05, 0) is 26.7 Å². The fraction of sp³-hybridized carbons (Fsp3) is 0.857. The quantitative estimate of drug-likeness (QED) is 0.735. The molecule has 2 atom stereocenters. The first kappa shape index (κ1) is 16.9. The Balaban J connectivity index is 2.50. The van der Waals surface area contributed by atoms with Crippen molar-refractivity contribution in [1.29, 1.82) is 0 Å². The lowest BCUT2D eigenvalue weighted by Gasteiger charge is -2.24. The van der Waals surface area contributed by atoms with Crippen LogP contribution in [0.15, 0.2) is 0 Å². The Morgan fingerprint density at radius 3 is 2.40 bits per heavy atom. The van der Waals surface area contributed by atoms with E-state index in [4.69, 9.17) is 0 Å². The summed E-state index contributed by atoms with van der Waals surface area (Å²) in [6, 6.07) is -0.207. The van der Waals surface area contributed by atoms with E-state index in [1.54, 1.807) is 0 Å². The second-order valence-corrected chi connectivity index (χ2v) is 5.29. The molecule has 20 heavy (non-hydrogen) atoms. The first-order valence-corrected chi connectivity index (χ1v) is 7.43. The zero-order valence-electron chi connectivity index (χ0n) is 12.8. The molecule has 1 heterocycles. The van der Waals surface area contributed by atoms with E-state index in [0.29, 0.717) is 25.9 Å². The van der Waals surface area contributed by atoms with Gasteiger partial charge in [0.2, 0.25) is 11.8 Å². The molecule has 0 aromatic rings. The molecule has 2 N–H and O–H groups in total. The molecular formula is C14H27N3O3. The van der Waals surface area contributed by atoms with Crippen molar-refractivity contribution in [2.75, 3.05) is 32.7 Å². The van der Waals surface area contributed by atoms with Crippen LogP contribution in [0, 0.1) is 0 Å². The van der Waals surface area contributed by atoms with Gasteiger partial charge in [-0.3, -0.25) is 14.5 Å². The zero-order chi connectivity index (χ0) is 15.1. The number of likely N-dealkylation sites (tertiary alicyclic amines) is 1. The highest BCUT2D eigenvalue weighted by molar-refractivity contribution is 5.78. The standard InChI is InChI=1S/C14H27N3O3/c1-4-17(5-2)14(20)10-16-8-6-12(15-11(3)18)13(19)7-9-16/h12-13,19H,4-10H2,1-3H3,(H,15,18)/t12-,13-/m0/s1. The van der Waals surface area contributed by atoms with Crippen LogP contribution in [0.2, 0.25) is 0 Å². The maximum Gasteiger partial charge on any atom is 0.236 e. The molecule has 1 aliphatic heterocycles. The van der Waals surface area contributed by atoms with Crippen molar-refractivity contribution >= 4 is 11.8 Å². The SMILES string of the molecule is CCN(CC)C(=O)CN1CC[C@H](NC(C)=O)[C@@H](O)CC1. The van der Waals surface area contributed by atoms with E-state index in [9.17, 15) is 14.7 Å². The fourth-order valence-corrected chi connectivity index (χ4v) is 2.60. The summed E-state index contributed by atoms with van der Waals surface area (Å²) in [6.07, 6.45) is 0.718. The fourth-order valence-electron chi connectivity index (χ4n) is 2.60. The summed E-state index contributed by atoms with van der Waals surface area (Å²) in [7, 11) is 0. The molecule has 0 spiro atoms. The normalized spacial score (nSPS) is 24.0. The summed E-state index contributed by atoms with van der Waals surface area (Å²) in [5.74, 6) is 0.00387. The molecule has 6 nitrogen and oxygen atoms in total. The van der Waals surface area contributed by atoms with E-state index in [1.807, 2.05) is 18.7 Å². The molecule has 1 aliphatic rings. The largest absolute Gasteiger partial charge is 0.391 e. The molecule has 0 aromatic heterocycles. The zero-order valence-corrected chi connectivity index (χ0v) is 12.8. The average molecular weight is 285 g/mol. The van der Waals surface area contributed by atoms with Crippen molar-refractivity contribution < 1.29 is 14.7 Å². The summed E-state index contributed by atoms with van der Waals surface area (Å²) in [6.45, 7) is 8.64. The molecule has 0 unspecified atom stereocenters. The summed E-state index contributed by atoms with van der Waals surface area (Å²) in [5, 5.41) is 12.8. The minimum atomic E-state index is -0.535. The van der Waals surface area contributed by atoms with Crippen molar-refractivity contribution in [2.45, 2.75) is 45.8 Å². The number of likely N-dealkylation sites (N-methyl/N-ethyl adjacent to an activating group) is 1. The third-order valence-corrected chi connectivity index (χ3v) is 3.83. The van der Waals surface area contributed by atoms with Gasteiger partial charge >= 0.3 is 0 Å². The van der Waals surface area contributed by atoms with E-state index < -0.39 is 6.10 Å². The highest BCUT2D eigenvalue weighted by atomic mass is 16.3. The molecule has 0 aromatic carbocycles. The summed E-state index contributed by atoms with van der Waals surface area (Å²) in [4.78, 5) is 27.1. The van der Waals surface area contributed by atoms with E-state index in [-0.39, 0.29) is 17.9 Å². The molecule has 1 fully saturated rings. The number of nitrogens with one attached hydrogen (secondary N) is 1. The number of carbonyl (C=O) groups excluding carboxylic acids is 2. The number of amides is 2. The number of carbonyl (C=O) groups is 2. The topological polar surface area (TPSA) is 72.9 Å². The maximum atomic E-state index is 12.1. The van der Waals surface area contributed by atoms with Gasteiger partial charge in [0, 0.05) is 33.1 Å². The molecule has 0 aliphatic carbocycles. The molecule has 0 bridgehead atoms. The Hall–Kier alpha value is -1.14. The highest BCUT2D eigenvalue weighted by Gasteiger charge is 2.26. The van der Waals surface area contributed by atoms with E-state index in [2.05, 4.69) is 10.2 Å². The maximum absolute atomic E-state index is 12.1. The second-order valence-electron chi connectivity index (χ2n) is 5.29. The summed E-state index contributed by atoms with van der Waals surface area (Å²) in [5.41, 5.74) is 0. The molecular weight excluding hydrogens is 258 g/mol. The molecule has 1 rings (SSSR count). The van der Waals surface area contributed by atoms with Crippen molar-refractivity contribution in [2.24, 2.45) is 0 Å². The van der Waals surface area contributed by atoms with E-state index in [0.717, 1.165) is 19.6 Å². The Labute approximate surface area is 121 Å². The number of aliphatic hydroxyl groups is 1. The number of hydrogen-bond donors (Lipinski definition) is 2. The third-order valence-electron chi connectivity index (χ3n) is 3.83. The first-order valence-electron chi connectivity index (χ1n) is 7.43. The highest BCUT2D eigenvalue weighted by Crippen LogP contribution is 2.12. The van der Waals surface area contributed by atoms with Crippen LogP contribution in [0.3, 0.4) is 0 Å². The van der Waals surface area contributed by atoms with Gasteiger partial charge in [-0.1, -0.05) is 0 Å². The molecule has 0 radical (unpaired) electrons. The average Bonchev–Trinajstić information content (AvgIpc) is 2.55. The van der Waals surface area contributed by atoms with Crippen LogP contribution in [-0.4, -0.2) is 71.6 Å². The van der Waals surface area contributed by atoms with E-state index in [1.165, 1.54) is 6.92 Å². The van der Waals surface area contributed by atoms with Crippen LogP contribution in [0.25, 0.3) is 0 Å². The van der Waals surface area contributed by atoms with Gasteiger partial charge in [-0.25, -0.2) is 0 Å². The van der Waals surface area contributed by atoms with Gasteiger partial charge < -0.3 is 15.3 Å². The van der Waals surface area contributed by atoms with Crippen LogP contribution in [0.1, 0.15) is 33.6 Å². The van der Waals surface area contributed by atoms with Crippen molar-refractivity contribution in [3.63, 3.8) is 0 Å². The Morgan fingerprint density at radius 1 is 1.25 bits per heavy atom. The Morgan fingerprint density at radius 2 is 1.85 bits per heavy atom. The van der Waals surface area contributed by atoms with Gasteiger partial charge in [0.25, 0.3) is 0 Å². The summed E-state index contributed by atoms with van der Waals surface area (Å²) >= 11 is 0. The monoisotopic (exact) mass is 285 g/mol. The Kier molecular flexibility index (Phi) is 6.95. The number of nitrogens with zero attached hydrogens (tertiary/aromatic N) is 2. The molecule has 116 valence electrons. The number of aliphatic hydroxyl groups excluding tert-OH is 1. The van der Waals surface area contributed by atoms with Crippen molar-refractivity contribution in [3.05, 3.63) is 0 Å². The minimum absolute atomic E-state index is 0.123. The summed E-state index contributed by atoms with van der Waals surface area (Å²) < 4.78 is 0. The van der Waals surface area contributed by atoms with Gasteiger partial charge in [0.05, 0.1) is 18.7 Å². The predicted molar refractivity (Wildman–Crippen MR) is 77.2 cm³/mol. The lowest BCUT2D eigenvalue weighted by molar-refractivity contribution is -0.132. The lowest BCUT2D eigenvalue weighted by Crippen LogP contribution is -2.42.